The van der Waals surface area contributed by atoms with Crippen molar-refractivity contribution in [1.82, 2.24) is 4.90 Å². The van der Waals surface area contributed by atoms with Crippen molar-refractivity contribution < 1.29 is 4.74 Å². The number of ether oxygens (including phenoxy) is 1. The summed E-state index contributed by atoms with van der Waals surface area (Å²) in [5, 5.41) is 0. The van der Waals surface area contributed by atoms with Gasteiger partial charge in [0.1, 0.15) is 0 Å². The average Bonchev–Trinajstić information content (AvgIpc) is 2.61. The number of likely N-dealkylation sites (tertiary alicyclic amines) is 1. The fourth-order valence-electron chi connectivity index (χ4n) is 1.95. The smallest absolute Gasteiger partial charge is 0.0820 e. The van der Waals surface area contributed by atoms with Crippen LogP contribution < -0.4 is 5.73 Å². The fourth-order valence-corrected chi connectivity index (χ4v) is 1.95. The summed E-state index contributed by atoms with van der Waals surface area (Å²) >= 11 is 0. The van der Waals surface area contributed by atoms with Gasteiger partial charge in [-0.15, -0.1) is 0 Å². The molecular formula is C10H22N2O. The maximum absolute atomic E-state index is 5.58. The molecule has 1 heterocycles. The Hall–Kier alpha value is -0.120. The van der Waals surface area contributed by atoms with E-state index in [-0.39, 0.29) is 6.10 Å². The topological polar surface area (TPSA) is 38.5 Å². The molecule has 78 valence electrons. The van der Waals surface area contributed by atoms with Crippen LogP contribution in [0.25, 0.3) is 0 Å². The molecule has 0 amide bonds. The highest BCUT2D eigenvalue weighted by Gasteiger charge is 2.22. The van der Waals surface area contributed by atoms with E-state index < -0.39 is 0 Å². The van der Waals surface area contributed by atoms with E-state index >= 15 is 0 Å². The molecule has 1 aliphatic rings. The van der Waals surface area contributed by atoms with Gasteiger partial charge >= 0.3 is 0 Å². The molecule has 0 saturated carbocycles. The number of nitrogens with zero attached hydrogens (tertiary/aromatic N) is 1. The summed E-state index contributed by atoms with van der Waals surface area (Å²) in [4.78, 5) is 2.47. The predicted octanol–water partition coefficient (Wildman–Crippen LogP) is 0.692. The second-order valence-corrected chi connectivity index (χ2v) is 3.92. The van der Waals surface area contributed by atoms with Gasteiger partial charge in [-0.3, -0.25) is 0 Å². The lowest BCUT2D eigenvalue weighted by Crippen LogP contribution is -2.36. The third-order valence-electron chi connectivity index (χ3n) is 3.01. The summed E-state index contributed by atoms with van der Waals surface area (Å²) < 4.78 is 5.26. The van der Waals surface area contributed by atoms with Crippen LogP contribution in [0.4, 0.5) is 0 Å². The van der Waals surface area contributed by atoms with Gasteiger partial charge in [-0.05, 0) is 18.9 Å². The second kappa shape index (κ2) is 5.58. The molecule has 3 heteroatoms. The average molecular weight is 186 g/mol. The Balaban J connectivity index is 2.22. The lowest BCUT2D eigenvalue weighted by molar-refractivity contribution is 0.0764. The van der Waals surface area contributed by atoms with Gasteiger partial charge < -0.3 is 15.4 Å². The molecular weight excluding hydrogens is 164 g/mol. The lowest BCUT2D eigenvalue weighted by atomic mass is 10.1. The van der Waals surface area contributed by atoms with E-state index in [0.29, 0.717) is 6.54 Å². The zero-order valence-electron chi connectivity index (χ0n) is 8.83. The summed E-state index contributed by atoms with van der Waals surface area (Å²) in [5.41, 5.74) is 5.58. The minimum atomic E-state index is 0.218. The standard InChI is InChI=1S/C10H22N2O/c1-3-9-4-5-12(7-9)8-10(6-11)13-2/h9-10H,3-8,11H2,1-2H3. The molecule has 1 rings (SSSR count). The van der Waals surface area contributed by atoms with Gasteiger partial charge in [0.05, 0.1) is 6.10 Å². The van der Waals surface area contributed by atoms with Gasteiger partial charge in [0.2, 0.25) is 0 Å². The highest BCUT2D eigenvalue weighted by Crippen LogP contribution is 2.18. The number of hydrogen-bond donors (Lipinski definition) is 1. The van der Waals surface area contributed by atoms with E-state index in [2.05, 4.69) is 11.8 Å². The molecule has 2 atom stereocenters. The first-order chi connectivity index (χ1) is 6.30. The molecule has 1 saturated heterocycles. The van der Waals surface area contributed by atoms with Crippen LogP contribution in [-0.4, -0.2) is 44.3 Å². The Bertz CT molecular complexity index is 137. The van der Waals surface area contributed by atoms with Gasteiger partial charge in [-0.1, -0.05) is 13.3 Å². The van der Waals surface area contributed by atoms with Crippen LogP contribution >= 0.6 is 0 Å². The molecule has 2 N–H and O–H groups in total. The van der Waals surface area contributed by atoms with Crippen LogP contribution in [-0.2, 0) is 4.74 Å². The molecule has 1 fully saturated rings. The Morgan fingerprint density at radius 3 is 2.85 bits per heavy atom. The molecule has 1 aliphatic heterocycles. The molecule has 0 aliphatic carbocycles. The van der Waals surface area contributed by atoms with Crippen LogP contribution in [0.5, 0.6) is 0 Å². The van der Waals surface area contributed by atoms with Crippen molar-refractivity contribution in [2.75, 3.05) is 33.3 Å². The normalized spacial score (nSPS) is 26.5. The van der Waals surface area contributed by atoms with Crippen LogP contribution in [0.3, 0.4) is 0 Å². The minimum Gasteiger partial charge on any atom is -0.379 e. The quantitative estimate of drug-likeness (QED) is 0.686. The molecule has 0 aromatic carbocycles. The highest BCUT2D eigenvalue weighted by atomic mass is 16.5. The van der Waals surface area contributed by atoms with Crippen LogP contribution in [0.1, 0.15) is 19.8 Å². The van der Waals surface area contributed by atoms with Crippen molar-refractivity contribution in [3.8, 4) is 0 Å². The SMILES string of the molecule is CCC1CCN(CC(CN)OC)C1. The molecule has 0 bridgehead atoms. The van der Waals surface area contributed by atoms with Gasteiger partial charge in [-0.25, -0.2) is 0 Å². The zero-order chi connectivity index (χ0) is 9.68. The van der Waals surface area contributed by atoms with Crippen LogP contribution in [0.2, 0.25) is 0 Å². The molecule has 0 radical (unpaired) electrons. The van der Waals surface area contributed by atoms with Crippen molar-refractivity contribution in [3.63, 3.8) is 0 Å². The molecule has 0 aromatic rings. The molecule has 0 spiro atoms. The summed E-state index contributed by atoms with van der Waals surface area (Å²) in [6.45, 7) is 6.35. The predicted molar refractivity (Wildman–Crippen MR) is 54.7 cm³/mol. The first-order valence-corrected chi connectivity index (χ1v) is 5.25. The van der Waals surface area contributed by atoms with Crippen LogP contribution in [0.15, 0.2) is 0 Å². The van der Waals surface area contributed by atoms with E-state index in [1.807, 2.05) is 0 Å². The minimum absolute atomic E-state index is 0.218. The Labute approximate surface area is 81.2 Å². The first kappa shape index (κ1) is 11.0. The number of hydrogen-bond acceptors (Lipinski definition) is 3. The molecule has 13 heavy (non-hydrogen) atoms. The molecule has 0 aromatic heterocycles. The van der Waals surface area contributed by atoms with Crippen molar-refractivity contribution in [3.05, 3.63) is 0 Å². The first-order valence-electron chi connectivity index (χ1n) is 5.25. The van der Waals surface area contributed by atoms with Crippen LogP contribution in [0, 0.1) is 5.92 Å². The Morgan fingerprint density at radius 2 is 2.38 bits per heavy atom. The van der Waals surface area contributed by atoms with Crippen molar-refractivity contribution >= 4 is 0 Å². The maximum Gasteiger partial charge on any atom is 0.0820 e. The summed E-state index contributed by atoms with van der Waals surface area (Å²) in [6, 6.07) is 0. The van der Waals surface area contributed by atoms with E-state index in [1.165, 1.54) is 25.9 Å². The van der Waals surface area contributed by atoms with Gasteiger partial charge in [-0.2, -0.15) is 0 Å². The fraction of sp³-hybridized carbons (Fsp3) is 1.00. The Kier molecular flexibility index (Phi) is 4.70. The van der Waals surface area contributed by atoms with E-state index in [9.17, 15) is 0 Å². The monoisotopic (exact) mass is 186 g/mol. The summed E-state index contributed by atoms with van der Waals surface area (Å²) in [5.74, 6) is 0.898. The van der Waals surface area contributed by atoms with Gasteiger partial charge in [0.15, 0.2) is 0 Å². The molecule has 2 unspecified atom stereocenters. The highest BCUT2D eigenvalue weighted by molar-refractivity contribution is 4.77. The van der Waals surface area contributed by atoms with Crippen molar-refractivity contribution in [2.45, 2.75) is 25.9 Å². The maximum atomic E-state index is 5.58. The van der Waals surface area contributed by atoms with E-state index in [1.54, 1.807) is 7.11 Å². The number of rotatable bonds is 5. The summed E-state index contributed by atoms with van der Waals surface area (Å²) in [7, 11) is 1.74. The van der Waals surface area contributed by atoms with Gasteiger partial charge in [0.25, 0.3) is 0 Å². The van der Waals surface area contributed by atoms with E-state index in [4.69, 9.17) is 10.5 Å². The van der Waals surface area contributed by atoms with Crippen molar-refractivity contribution in [2.24, 2.45) is 11.7 Å². The lowest BCUT2D eigenvalue weighted by Gasteiger charge is -2.21. The largest absolute Gasteiger partial charge is 0.379 e. The number of methoxy groups -OCH3 is 1. The third kappa shape index (κ3) is 3.25. The van der Waals surface area contributed by atoms with E-state index in [0.717, 1.165) is 12.5 Å². The Morgan fingerprint density at radius 1 is 1.62 bits per heavy atom. The summed E-state index contributed by atoms with van der Waals surface area (Å²) in [6.07, 6.45) is 2.87. The number of nitrogens with two attached hydrogens (primary N) is 1. The molecule has 3 nitrogen and oxygen atoms in total. The van der Waals surface area contributed by atoms with Crippen molar-refractivity contribution in [1.29, 1.82) is 0 Å². The third-order valence-corrected chi connectivity index (χ3v) is 3.01. The zero-order valence-corrected chi connectivity index (χ0v) is 8.83. The van der Waals surface area contributed by atoms with Gasteiger partial charge in [0, 0.05) is 26.7 Å². The second-order valence-electron chi connectivity index (χ2n) is 3.92.